The van der Waals surface area contributed by atoms with E-state index in [4.69, 9.17) is 4.74 Å². The van der Waals surface area contributed by atoms with Crippen LogP contribution in [-0.4, -0.2) is 46.0 Å². The molecule has 2 aliphatic carbocycles. The summed E-state index contributed by atoms with van der Waals surface area (Å²) in [7, 11) is 1.57. The highest BCUT2D eigenvalue weighted by Crippen LogP contribution is 2.45. The lowest BCUT2D eigenvalue weighted by Crippen LogP contribution is -2.35. The van der Waals surface area contributed by atoms with E-state index >= 15 is 0 Å². The van der Waals surface area contributed by atoms with Gasteiger partial charge in [0.2, 0.25) is 0 Å². The highest BCUT2D eigenvalue weighted by atomic mass is 16.5. The molecule has 2 aromatic carbocycles. The summed E-state index contributed by atoms with van der Waals surface area (Å²) in [6, 6.07) is 16.1. The molecule has 9 heteroatoms. The van der Waals surface area contributed by atoms with Crippen molar-refractivity contribution >= 4 is 23.7 Å². The Morgan fingerprint density at radius 3 is 2.29 bits per heavy atom. The maximum atomic E-state index is 12.7. The van der Waals surface area contributed by atoms with Gasteiger partial charge >= 0.3 is 12.1 Å². The molecule has 1 aromatic heterocycles. The molecule has 3 N–H and O–H groups in total. The molecule has 0 atom stereocenters. The van der Waals surface area contributed by atoms with Crippen molar-refractivity contribution in [2.45, 2.75) is 18.8 Å². The number of aromatic nitrogens is 2. The molecule has 1 saturated carbocycles. The minimum Gasteiger partial charge on any atom is -0.481 e. The predicted molar refractivity (Wildman–Crippen MR) is 124 cm³/mol. The van der Waals surface area contributed by atoms with Crippen LogP contribution in [0.15, 0.2) is 54.7 Å². The topological polar surface area (TPSA) is 123 Å². The molecule has 5 rings (SSSR count). The number of carboxylic acids is 1. The van der Waals surface area contributed by atoms with Crippen molar-refractivity contribution in [3.05, 3.63) is 71.5 Å². The van der Waals surface area contributed by atoms with Gasteiger partial charge in [0.05, 0.1) is 17.3 Å². The van der Waals surface area contributed by atoms with Crippen LogP contribution in [0, 0.1) is 5.41 Å². The summed E-state index contributed by atoms with van der Waals surface area (Å²) in [5, 5.41) is 18.6. The number of ether oxygens (including phenoxy) is 1. The minimum atomic E-state index is -0.921. The molecule has 1 heterocycles. The second kappa shape index (κ2) is 8.33. The molecule has 0 bridgehead atoms. The average Bonchev–Trinajstić information content (AvgIpc) is 3.46. The SMILES string of the molecule is Cn1ncc(NC(=O)OCC2c3ccccc3-c3ccccc32)c1C(=O)NCC1(C(=O)O)CC1. The highest BCUT2D eigenvalue weighted by Gasteiger charge is 2.50. The minimum absolute atomic E-state index is 0.0245. The van der Waals surface area contributed by atoms with Gasteiger partial charge in [-0.2, -0.15) is 5.10 Å². The van der Waals surface area contributed by atoms with Crippen LogP contribution >= 0.6 is 0 Å². The number of fused-ring (bicyclic) bond motifs is 3. The number of hydrogen-bond acceptors (Lipinski definition) is 5. The zero-order chi connectivity index (χ0) is 23.9. The lowest BCUT2D eigenvalue weighted by molar-refractivity contribution is -0.143. The molecule has 0 unspecified atom stereocenters. The number of carbonyl (C=O) groups excluding carboxylic acids is 2. The van der Waals surface area contributed by atoms with E-state index in [1.807, 2.05) is 36.4 Å². The van der Waals surface area contributed by atoms with E-state index in [0.29, 0.717) is 12.8 Å². The van der Waals surface area contributed by atoms with E-state index in [1.54, 1.807) is 7.05 Å². The molecule has 3 aromatic rings. The molecule has 174 valence electrons. The molecule has 9 nitrogen and oxygen atoms in total. The van der Waals surface area contributed by atoms with Crippen LogP contribution in [0.25, 0.3) is 11.1 Å². The van der Waals surface area contributed by atoms with Crippen molar-refractivity contribution in [2.24, 2.45) is 12.5 Å². The van der Waals surface area contributed by atoms with Gasteiger partial charge in [0.25, 0.3) is 5.91 Å². The van der Waals surface area contributed by atoms with Gasteiger partial charge in [0.1, 0.15) is 12.3 Å². The number of benzene rings is 2. The van der Waals surface area contributed by atoms with Gasteiger partial charge in [-0.15, -0.1) is 0 Å². The smallest absolute Gasteiger partial charge is 0.411 e. The first kappa shape index (κ1) is 21.7. The van der Waals surface area contributed by atoms with Gasteiger partial charge < -0.3 is 15.2 Å². The zero-order valence-corrected chi connectivity index (χ0v) is 18.6. The molecule has 0 spiro atoms. The molecule has 2 aliphatic rings. The second-order valence-electron chi connectivity index (χ2n) is 8.75. The number of aryl methyl sites for hydroxylation is 1. The van der Waals surface area contributed by atoms with E-state index in [2.05, 4.69) is 27.9 Å². The number of anilines is 1. The molecule has 0 aliphatic heterocycles. The first-order valence-electron chi connectivity index (χ1n) is 11.1. The van der Waals surface area contributed by atoms with Crippen LogP contribution in [0.4, 0.5) is 10.5 Å². The summed E-state index contributed by atoms with van der Waals surface area (Å²) in [5.74, 6) is -1.52. The van der Waals surface area contributed by atoms with Crippen LogP contribution in [0.2, 0.25) is 0 Å². The number of nitrogens with zero attached hydrogens (tertiary/aromatic N) is 2. The van der Waals surface area contributed by atoms with Crippen LogP contribution in [0.3, 0.4) is 0 Å². The van der Waals surface area contributed by atoms with Gasteiger partial charge in [-0.3, -0.25) is 19.6 Å². The Balaban J connectivity index is 1.25. The predicted octanol–water partition coefficient (Wildman–Crippen LogP) is 3.38. The summed E-state index contributed by atoms with van der Waals surface area (Å²) in [6.07, 6.45) is 1.71. The first-order valence-corrected chi connectivity index (χ1v) is 11.1. The normalized spacial score (nSPS) is 15.2. The van der Waals surface area contributed by atoms with Crippen molar-refractivity contribution < 1.29 is 24.2 Å². The fourth-order valence-electron chi connectivity index (χ4n) is 4.49. The Bertz CT molecular complexity index is 1250. The van der Waals surface area contributed by atoms with E-state index in [9.17, 15) is 19.5 Å². The average molecular weight is 460 g/mol. The maximum absolute atomic E-state index is 12.7. The van der Waals surface area contributed by atoms with Crippen molar-refractivity contribution in [1.82, 2.24) is 15.1 Å². The van der Waals surface area contributed by atoms with Gasteiger partial charge in [-0.1, -0.05) is 48.5 Å². The highest BCUT2D eigenvalue weighted by molar-refractivity contribution is 6.01. The number of carboxylic acid groups (broad SMARTS) is 1. The van der Waals surface area contributed by atoms with Gasteiger partial charge in [-0.25, -0.2) is 4.79 Å². The number of nitrogens with one attached hydrogen (secondary N) is 2. The van der Waals surface area contributed by atoms with Crippen molar-refractivity contribution in [3.8, 4) is 11.1 Å². The fourth-order valence-corrected chi connectivity index (χ4v) is 4.49. The third-order valence-electron chi connectivity index (χ3n) is 6.63. The van der Waals surface area contributed by atoms with E-state index in [0.717, 1.165) is 22.3 Å². The molecule has 0 saturated heterocycles. The monoisotopic (exact) mass is 460 g/mol. The van der Waals surface area contributed by atoms with Gasteiger partial charge in [0.15, 0.2) is 0 Å². The number of rotatable bonds is 7. The number of amides is 2. The largest absolute Gasteiger partial charge is 0.481 e. The lowest BCUT2D eigenvalue weighted by atomic mass is 9.98. The van der Waals surface area contributed by atoms with E-state index < -0.39 is 23.4 Å². The standard InChI is InChI=1S/C25H24N4O5/c1-29-21(22(30)26-14-25(10-11-25)23(31)32)20(12-27-29)28-24(33)34-13-19-17-8-4-2-6-15(17)16-7-3-5-9-18(16)19/h2-9,12,19H,10-11,13-14H2,1H3,(H,26,30)(H,28,33)(H,31,32). The van der Waals surface area contributed by atoms with Gasteiger partial charge in [0, 0.05) is 19.5 Å². The molecule has 0 radical (unpaired) electrons. The molecule has 34 heavy (non-hydrogen) atoms. The van der Waals surface area contributed by atoms with Crippen molar-refractivity contribution in [3.63, 3.8) is 0 Å². The molecular weight excluding hydrogens is 436 g/mol. The zero-order valence-electron chi connectivity index (χ0n) is 18.6. The quantitative estimate of drug-likeness (QED) is 0.497. The summed E-state index contributed by atoms with van der Waals surface area (Å²) in [6.45, 7) is 0.166. The Labute approximate surface area is 195 Å². The van der Waals surface area contributed by atoms with Crippen LogP contribution in [0.5, 0.6) is 0 Å². The third kappa shape index (κ3) is 3.79. The fraction of sp³-hybridized carbons (Fsp3) is 0.280. The Morgan fingerprint density at radius 2 is 1.71 bits per heavy atom. The summed E-state index contributed by atoms with van der Waals surface area (Å²) in [4.78, 5) is 36.7. The molecule has 1 fully saturated rings. The second-order valence-corrected chi connectivity index (χ2v) is 8.75. The third-order valence-corrected chi connectivity index (χ3v) is 6.63. The van der Waals surface area contributed by atoms with E-state index in [1.165, 1.54) is 10.9 Å². The van der Waals surface area contributed by atoms with Gasteiger partial charge in [-0.05, 0) is 35.1 Å². The number of hydrogen-bond donors (Lipinski definition) is 3. The number of aliphatic carboxylic acids is 1. The first-order chi connectivity index (χ1) is 16.4. The Morgan fingerprint density at radius 1 is 1.09 bits per heavy atom. The molecule has 2 amide bonds. The Hall–Kier alpha value is -4.14. The summed E-state index contributed by atoms with van der Waals surface area (Å²) >= 11 is 0. The van der Waals surface area contributed by atoms with Crippen molar-refractivity contribution in [1.29, 1.82) is 0 Å². The van der Waals surface area contributed by atoms with Crippen LogP contribution in [-0.2, 0) is 16.6 Å². The number of carbonyl (C=O) groups is 3. The van der Waals surface area contributed by atoms with Crippen LogP contribution in [0.1, 0.15) is 40.4 Å². The lowest BCUT2D eigenvalue weighted by Gasteiger charge is -2.15. The summed E-state index contributed by atoms with van der Waals surface area (Å²) < 4.78 is 6.87. The van der Waals surface area contributed by atoms with E-state index in [-0.39, 0.29) is 30.5 Å². The Kier molecular flexibility index (Phi) is 5.31. The summed E-state index contributed by atoms with van der Waals surface area (Å²) in [5.41, 5.74) is 3.89. The van der Waals surface area contributed by atoms with Crippen LogP contribution < -0.4 is 10.6 Å². The van der Waals surface area contributed by atoms with Crippen molar-refractivity contribution in [2.75, 3.05) is 18.5 Å². The maximum Gasteiger partial charge on any atom is 0.411 e. The molecular formula is C25H24N4O5.